The maximum absolute atomic E-state index is 14.8. The Bertz CT molecular complexity index is 2570. The number of aromatic hydroxyl groups is 2. The van der Waals surface area contributed by atoms with Gasteiger partial charge in [0.05, 0.1) is 18.6 Å². The van der Waals surface area contributed by atoms with Crippen LogP contribution in [-0.4, -0.2) is 90.1 Å². The number of anilines is 1. The number of phenolic OH excluding ortho intramolecular Hbond substituents is 2. The van der Waals surface area contributed by atoms with Crippen molar-refractivity contribution in [1.29, 1.82) is 0 Å². The highest BCUT2D eigenvalue weighted by atomic mass is 16.3. The normalized spacial score (nSPS) is 16.9. The van der Waals surface area contributed by atoms with E-state index in [4.69, 9.17) is 0 Å². The average molecular weight is 803 g/mol. The number of fused-ring (bicyclic) bond motifs is 2. The van der Waals surface area contributed by atoms with Gasteiger partial charge in [-0.25, -0.2) is 10.0 Å². The van der Waals surface area contributed by atoms with Gasteiger partial charge in [-0.05, 0) is 65.1 Å². The van der Waals surface area contributed by atoms with Crippen LogP contribution in [0.4, 0.5) is 5.69 Å². The van der Waals surface area contributed by atoms with E-state index in [2.05, 4.69) is 11.9 Å². The molecule has 6 aromatic rings. The van der Waals surface area contributed by atoms with E-state index >= 15 is 0 Å². The molecule has 0 radical (unpaired) electrons. The summed E-state index contributed by atoms with van der Waals surface area (Å²) < 4.78 is 2.03. The number of para-hydroxylation sites is 1. The molecule has 2 aliphatic rings. The third-order valence-corrected chi connectivity index (χ3v) is 11.3. The molecule has 1 aromatic heterocycles. The number of phenols is 2. The highest BCUT2D eigenvalue weighted by Crippen LogP contribution is 2.35. The van der Waals surface area contributed by atoms with Gasteiger partial charge in [0.1, 0.15) is 23.7 Å². The Kier molecular flexibility index (Phi) is 11.2. The van der Waals surface area contributed by atoms with Crippen LogP contribution >= 0.6 is 0 Å². The Morgan fingerprint density at radius 3 is 2.33 bits per heavy atom. The van der Waals surface area contributed by atoms with Gasteiger partial charge in [0, 0.05) is 67.4 Å². The summed E-state index contributed by atoms with van der Waals surface area (Å²) >= 11 is 0. The lowest BCUT2D eigenvalue weighted by molar-refractivity contribution is -0.205. The third kappa shape index (κ3) is 8.10. The van der Waals surface area contributed by atoms with Gasteiger partial charge < -0.3 is 29.9 Å². The van der Waals surface area contributed by atoms with Gasteiger partial charge in [0.15, 0.2) is 0 Å². The van der Waals surface area contributed by atoms with Gasteiger partial charge in [-0.2, -0.15) is 0 Å². The first-order valence-electron chi connectivity index (χ1n) is 19.9. The summed E-state index contributed by atoms with van der Waals surface area (Å²) in [6.45, 7) is 4.43. The zero-order valence-electron chi connectivity index (χ0n) is 33.3. The largest absolute Gasteiger partial charge is 0.508 e. The molecule has 0 bridgehead atoms. The van der Waals surface area contributed by atoms with E-state index in [-0.39, 0.29) is 74.1 Å². The number of nitrogens with zero attached hydrogens (tertiary/aromatic N) is 5. The van der Waals surface area contributed by atoms with Gasteiger partial charge >= 0.3 is 0 Å². The van der Waals surface area contributed by atoms with E-state index < -0.39 is 12.2 Å². The summed E-state index contributed by atoms with van der Waals surface area (Å²) in [6, 6.07) is 35.2. The minimum absolute atomic E-state index is 0.0600. The molecule has 5 aromatic carbocycles. The number of hydrogen-bond donors (Lipinski definition) is 3. The quantitative estimate of drug-likeness (QED) is 0.120. The lowest BCUT2D eigenvalue weighted by atomic mass is 9.97. The van der Waals surface area contributed by atoms with Crippen molar-refractivity contribution < 1.29 is 29.4 Å². The van der Waals surface area contributed by atoms with Crippen molar-refractivity contribution in [1.82, 2.24) is 24.4 Å². The predicted molar refractivity (Wildman–Crippen MR) is 229 cm³/mol. The number of piperazine rings is 1. The number of carbonyl (C=O) groups excluding carboxylic acids is 4. The van der Waals surface area contributed by atoms with E-state index in [1.165, 1.54) is 12.1 Å². The molecular weight excluding hydrogens is 757 g/mol. The fraction of sp³-hybridized carbons (Fsp3) is 0.208. The van der Waals surface area contributed by atoms with E-state index in [1.807, 2.05) is 78.5 Å². The Labute approximate surface area is 348 Å². The summed E-state index contributed by atoms with van der Waals surface area (Å²) in [5.41, 5.74) is 6.41. The van der Waals surface area contributed by atoms with Crippen LogP contribution in [0.15, 0.2) is 140 Å². The molecule has 2 atom stereocenters. The SMILES string of the molecule is C=CCN1CC(=O)N2[C@@H](Cc3ccc(O)cc3)C(=O)N(Cc3cccc4c(-c5ccc(C(=O)Nc6cccc(O)c6)cc5)cn(C)c34)C[C@@H]2N1C(=O)CCc1ccccc1. The number of aryl methyl sites for hydroxylation is 2. The van der Waals surface area contributed by atoms with Crippen LogP contribution in [0.25, 0.3) is 22.0 Å². The first-order chi connectivity index (χ1) is 29.1. The highest BCUT2D eigenvalue weighted by Gasteiger charge is 2.51. The monoisotopic (exact) mass is 802 g/mol. The molecule has 3 N–H and O–H groups in total. The molecule has 0 spiro atoms. The molecule has 0 unspecified atom stereocenters. The van der Waals surface area contributed by atoms with Crippen LogP contribution in [0.3, 0.4) is 0 Å². The number of carbonyl (C=O) groups is 4. The molecule has 12 heteroatoms. The number of aromatic nitrogens is 1. The maximum Gasteiger partial charge on any atom is 0.255 e. The van der Waals surface area contributed by atoms with Crippen molar-refractivity contribution in [3.05, 3.63) is 162 Å². The number of hydrogen-bond acceptors (Lipinski definition) is 7. The Morgan fingerprint density at radius 2 is 1.60 bits per heavy atom. The molecule has 304 valence electrons. The van der Waals surface area contributed by atoms with Crippen molar-refractivity contribution in [2.24, 2.45) is 7.05 Å². The molecule has 0 saturated carbocycles. The molecule has 4 amide bonds. The summed E-state index contributed by atoms with van der Waals surface area (Å²) in [6.07, 6.45) is 3.87. The summed E-state index contributed by atoms with van der Waals surface area (Å²) in [5.74, 6) is -0.776. The van der Waals surface area contributed by atoms with Crippen LogP contribution in [0.2, 0.25) is 0 Å². The second-order valence-corrected chi connectivity index (χ2v) is 15.3. The van der Waals surface area contributed by atoms with Gasteiger partial charge in [-0.1, -0.05) is 84.9 Å². The fourth-order valence-corrected chi connectivity index (χ4v) is 8.47. The van der Waals surface area contributed by atoms with Gasteiger partial charge in [0.25, 0.3) is 5.91 Å². The molecule has 12 nitrogen and oxygen atoms in total. The number of hydrazine groups is 1. The van der Waals surface area contributed by atoms with Gasteiger partial charge in [-0.3, -0.25) is 19.2 Å². The topological polar surface area (TPSA) is 139 Å². The van der Waals surface area contributed by atoms with E-state index in [9.17, 15) is 29.4 Å². The predicted octanol–water partition coefficient (Wildman–Crippen LogP) is 6.50. The zero-order chi connectivity index (χ0) is 41.9. The Balaban J connectivity index is 1.11. The standard InChI is InChI=1S/C48H46N6O6/c1-3-25-52-31-45(58)53-42(26-33-15-22-38(55)23-16-33)48(60)51(30-43(53)54(52)44(57)24-17-32-9-5-4-6-10-32)28-36-11-7-14-40-41(29-50(2)46(36)40)34-18-20-35(21-19-34)47(59)49-37-12-8-13-39(56)27-37/h3-16,18-23,27,29,42-43,55-56H,1,17,24-26,28,30-31H2,2H3,(H,49,59)/t42-,43-/m0/s1. The van der Waals surface area contributed by atoms with Crippen LogP contribution in [0.1, 0.15) is 33.5 Å². The number of nitrogens with one attached hydrogen (secondary N) is 1. The average Bonchev–Trinajstić information content (AvgIpc) is 3.59. The third-order valence-electron chi connectivity index (χ3n) is 11.3. The van der Waals surface area contributed by atoms with Crippen LogP contribution in [-0.2, 0) is 40.8 Å². The molecule has 2 aliphatic heterocycles. The maximum atomic E-state index is 14.8. The minimum atomic E-state index is -0.900. The second kappa shape index (κ2) is 17.0. The molecule has 0 aliphatic carbocycles. The van der Waals surface area contributed by atoms with Crippen molar-refractivity contribution in [3.63, 3.8) is 0 Å². The van der Waals surface area contributed by atoms with E-state index in [1.54, 1.807) is 74.4 Å². The fourth-order valence-electron chi connectivity index (χ4n) is 8.47. The smallest absolute Gasteiger partial charge is 0.255 e. The first-order valence-corrected chi connectivity index (χ1v) is 19.9. The summed E-state index contributed by atoms with van der Waals surface area (Å²) in [7, 11) is 1.96. The molecule has 2 saturated heterocycles. The van der Waals surface area contributed by atoms with Gasteiger partial charge in [0.2, 0.25) is 17.7 Å². The van der Waals surface area contributed by atoms with Crippen molar-refractivity contribution in [2.75, 3.05) is 25.0 Å². The van der Waals surface area contributed by atoms with Gasteiger partial charge in [-0.15, -0.1) is 6.58 Å². The molecule has 8 rings (SSSR count). The molecule has 2 fully saturated rings. The van der Waals surface area contributed by atoms with Crippen LogP contribution in [0, 0.1) is 0 Å². The van der Waals surface area contributed by atoms with Crippen molar-refractivity contribution >= 4 is 40.2 Å². The number of amides is 4. The van der Waals surface area contributed by atoms with Crippen molar-refractivity contribution in [3.8, 4) is 22.6 Å². The first kappa shape index (κ1) is 39.6. The van der Waals surface area contributed by atoms with Crippen LogP contribution < -0.4 is 5.32 Å². The second-order valence-electron chi connectivity index (χ2n) is 15.3. The van der Waals surface area contributed by atoms with E-state index in [0.717, 1.165) is 38.7 Å². The lowest BCUT2D eigenvalue weighted by Crippen LogP contribution is -2.75. The minimum Gasteiger partial charge on any atom is -0.508 e. The molecule has 3 heterocycles. The number of rotatable bonds is 12. The summed E-state index contributed by atoms with van der Waals surface area (Å²) in [5, 5.41) is 27.0. The van der Waals surface area contributed by atoms with E-state index in [0.29, 0.717) is 17.7 Å². The lowest BCUT2D eigenvalue weighted by Gasteiger charge is -2.55. The zero-order valence-corrected chi connectivity index (χ0v) is 33.3. The highest BCUT2D eigenvalue weighted by molar-refractivity contribution is 6.05. The Hall–Kier alpha value is -7.18. The Morgan fingerprint density at radius 1 is 0.850 bits per heavy atom. The summed E-state index contributed by atoms with van der Waals surface area (Å²) in [4.78, 5) is 59.5. The molecular formula is C48H46N6O6. The molecule has 60 heavy (non-hydrogen) atoms. The van der Waals surface area contributed by atoms with Crippen molar-refractivity contribution in [2.45, 2.75) is 38.0 Å². The van der Waals surface area contributed by atoms with Crippen LogP contribution in [0.5, 0.6) is 11.5 Å². The number of benzene rings is 5.